The number of benzene rings is 1. The van der Waals surface area contributed by atoms with E-state index in [0.717, 1.165) is 15.9 Å². The van der Waals surface area contributed by atoms with Gasteiger partial charge in [-0.2, -0.15) is 5.10 Å². The smallest absolute Gasteiger partial charge is 0.149 e. The van der Waals surface area contributed by atoms with Gasteiger partial charge < -0.3 is 5.32 Å². The van der Waals surface area contributed by atoms with Crippen molar-refractivity contribution in [2.24, 2.45) is 0 Å². The number of anilines is 1. The van der Waals surface area contributed by atoms with Crippen LogP contribution < -0.4 is 5.32 Å². The van der Waals surface area contributed by atoms with Gasteiger partial charge in [0.2, 0.25) is 0 Å². The van der Waals surface area contributed by atoms with E-state index in [-0.39, 0.29) is 5.69 Å². The van der Waals surface area contributed by atoms with Gasteiger partial charge in [0.15, 0.2) is 0 Å². The predicted octanol–water partition coefficient (Wildman–Crippen LogP) is 3.86. The fourth-order valence-electron chi connectivity index (χ4n) is 1.88. The van der Waals surface area contributed by atoms with Gasteiger partial charge in [-0.25, -0.2) is 8.78 Å². The van der Waals surface area contributed by atoms with Crippen molar-refractivity contribution in [1.29, 1.82) is 0 Å². The van der Waals surface area contributed by atoms with Crippen LogP contribution in [0.15, 0.2) is 22.7 Å². The molecule has 0 amide bonds. The maximum atomic E-state index is 13.5. The van der Waals surface area contributed by atoms with Crippen molar-refractivity contribution in [2.75, 3.05) is 5.32 Å². The molecule has 0 saturated heterocycles. The molecular weight excluding hydrogens is 316 g/mol. The molecule has 2 rings (SSSR count). The second-order valence-electron chi connectivity index (χ2n) is 4.11. The predicted molar refractivity (Wildman–Crippen MR) is 74.0 cm³/mol. The molecule has 0 aliphatic heterocycles. The molecule has 6 heteroatoms. The highest BCUT2D eigenvalue weighted by molar-refractivity contribution is 9.10. The van der Waals surface area contributed by atoms with Crippen molar-refractivity contribution in [3.8, 4) is 0 Å². The minimum atomic E-state index is -0.601. The number of aryl methyl sites for hydroxylation is 2. The highest BCUT2D eigenvalue weighted by Gasteiger charge is 2.14. The lowest BCUT2D eigenvalue weighted by Gasteiger charge is -2.10. The first kappa shape index (κ1) is 14.0. The average Bonchev–Trinajstić information content (AvgIpc) is 2.65. The van der Waals surface area contributed by atoms with E-state index >= 15 is 0 Å². The number of rotatable bonds is 4. The van der Waals surface area contributed by atoms with E-state index in [9.17, 15) is 8.78 Å². The van der Waals surface area contributed by atoms with Crippen LogP contribution in [0, 0.1) is 18.6 Å². The van der Waals surface area contributed by atoms with E-state index in [1.54, 1.807) is 4.68 Å². The van der Waals surface area contributed by atoms with Crippen LogP contribution in [0.1, 0.15) is 18.3 Å². The Balaban J connectivity index is 2.24. The number of para-hydroxylation sites is 1. The number of hydrogen-bond donors (Lipinski definition) is 1. The quantitative estimate of drug-likeness (QED) is 0.922. The van der Waals surface area contributed by atoms with Gasteiger partial charge in [0, 0.05) is 6.54 Å². The molecule has 0 fully saturated rings. The Bertz CT molecular complexity index is 576. The molecule has 19 heavy (non-hydrogen) atoms. The van der Waals surface area contributed by atoms with Crippen LogP contribution in [0.4, 0.5) is 14.5 Å². The van der Waals surface area contributed by atoms with E-state index < -0.39 is 11.6 Å². The monoisotopic (exact) mass is 329 g/mol. The van der Waals surface area contributed by atoms with Crippen molar-refractivity contribution >= 4 is 21.6 Å². The number of hydrogen-bond acceptors (Lipinski definition) is 2. The lowest BCUT2D eigenvalue weighted by Crippen LogP contribution is -2.10. The van der Waals surface area contributed by atoms with Gasteiger partial charge in [-0.15, -0.1) is 0 Å². The topological polar surface area (TPSA) is 29.9 Å². The Morgan fingerprint density at radius 3 is 2.53 bits per heavy atom. The molecule has 1 aromatic heterocycles. The summed E-state index contributed by atoms with van der Waals surface area (Å²) >= 11 is 3.44. The first-order valence-corrected chi connectivity index (χ1v) is 6.73. The van der Waals surface area contributed by atoms with Crippen LogP contribution in [0.25, 0.3) is 0 Å². The summed E-state index contributed by atoms with van der Waals surface area (Å²) < 4.78 is 29.7. The fraction of sp³-hybridized carbons (Fsp3) is 0.308. The van der Waals surface area contributed by atoms with Gasteiger partial charge in [0.1, 0.15) is 17.3 Å². The van der Waals surface area contributed by atoms with Gasteiger partial charge >= 0.3 is 0 Å². The molecule has 1 aromatic carbocycles. The minimum absolute atomic E-state index is 0.115. The third kappa shape index (κ3) is 2.78. The summed E-state index contributed by atoms with van der Waals surface area (Å²) in [7, 11) is 0. The number of nitrogens with one attached hydrogen (secondary N) is 1. The Morgan fingerprint density at radius 2 is 1.95 bits per heavy atom. The van der Waals surface area contributed by atoms with Gasteiger partial charge in [-0.1, -0.05) is 6.07 Å². The van der Waals surface area contributed by atoms with Crippen molar-refractivity contribution in [3.63, 3.8) is 0 Å². The maximum absolute atomic E-state index is 13.5. The van der Waals surface area contributed by atoms with Crippen LogP contribution in [0.2, 0.25) is 0 Å². The summed E-state index contributed by atoms with van der Waals surface area (Å²) in [5.41, 5.74) is 1.60. The Kier molecular flexibility index (Phi) is 4.19. The zero-order valence-corrected chi connectivity index (χ0v) is 12.3. The molecule has 3 nitrogen and oxygen atoms in total. The lowest BCUT2D eigenvalue weighted by atomic mass is 10.2. The normalized spacial score (nSPS) is 10.8. The Hall–Kier alpha value is -1.43. The Labute approximate surface area is 118 Å². The highest BCUT2D eigenvalue weighted by atomic mass is 79.9. The molecule has 2 aromatic rings. The summed E-state index contributed by atoms with van der Waals surface area (Å²) in [6.45, 7) is 4.84. The lowest BCUT2D eigenvalue weighted by molar-refractivity contribution is 0.584. The minimum Gasteiger partial charge on any atom is -0.375 e. The maximum Gasteiger partial charge on any atom is 0.149 e. The van der Waals surface area contributed by atoms with Crippen molar-refractivity contribution in [3.05, 3.63) is 45.7 Å². The van der Waals surface area contributed by atoms with E-state index in [4.69, 9.17) is 0 Å². The molecule has 0 aliphatic carbocycles. The summed E-state index contributed by atoms with van der Waals surface area (Å²) in [5, 5.41) is 7.11. The van der Waals surface area contributed by atoms with E-state index in [1.807, 2.05) is 13.8 Å². The van der Waals surface area contributed by atoms with Gasteiger partial charge in [0.05, 0.1) is 22.4 Å². The van der Waals surface area contributed by atoms with Crippen LogP contribution in [0.5, 0.6) is 0 Å². The first-order chi connectivity index (χ1) is 9.04. The molecule has 0 aliphatic rings. The van der Waals surface area contributed by atoms with Gasteiger partial charge in [-0.05, 0) is 41.9 Å². The average molecular weight is 330 g/mol. The summed E-state index contributed by atoms with van der Waals surface area (Å²) in [6, 6.07) is 3.79. The molecular formula is C13H14BrF2N3. The molecule has 102 valence electrons. The third-order valence-electron chi connectivity index (χ3n) is 2.85. The zero-order chi connectivity index (χ0) is 14.0. The van der Waals surface area contributed by atoms with Crippen molar-refractivity contribution < 1.29 is 8.78 Å². The standard InChI is InChI=1S/C13H14BrF2N3/c1-3-19-11(12(14)8(2)18-19)7-17-13-9(15)5-4-6-10(13)16/h4-6,17H,3,7H2,1-2H3. The van der Waals surface area contributed by atoms with E-state index in [1.165, 1.54) is 18.2 Å². The molecule has 0 radical (unpaired) electrons. The van der Waals surface area contributed by atoms with Crippen molar-refractivity contribution in [1.82, 2.24) is 9.78 Å². The van der Waals surface area contributed by atoms with Crippen LogP contribution in [-0.2, 0) is 13.1 Å². The van der Waals surface area contributed by atoms with Gasteiger partial charge in [0.25, 0.3) is 0 Å². The number of aromatic nitrogens is 2. The molecule has 1 N–H and O–H groups in total. The molecule has 0 spiro atoms. The SMILES string of the molecule is CCn1nc(C)c(Br)c1CNc1c(F)cccc1F. The number of halogens is 3. The highest BCUT2D eigenvalue weighted by Crippen LogP contribution is 2.24. The summed E-state index contributed by atoms with van der Waals surface area (Å²) in [6.07, 6.45) is 0. The molecule has 0 saturated carbocycles. The van der Waals surface area contributed by atoms with Crippen LogP contribution in [0.3, 0.4) is 0 Å². The molecule has 0 atom stereocenters. The second kappa shape index (κ2) is 5.69. The summed E-state index contributed by atoms with van der Waals surface area (Å²) in [5.74, 6) is -1.20. The zero-order valence-electron chi connectivity index (χ0n) is 10.7. The van der Waals surface area contributed by atoms with Crippen LogP contribution >= 0.6 is 15.9 Å². The largest absolute Gasteiger partial charge is 0.375 e. The van der Waals surface area contributed by atoms with E-state index in [0.29, 0.717) is 13.1 Å². The third-order valence-corrected chi connectivity index (χ3v) is 3.88. The van der Waals surface area contributed by atoms with Crippen molar-refractivity contribution in [2.45, 2.75) is 26.9 Å². The Morgan fingerprint density at radius 1 is 1.32 bits per heavy atom. The second-order valence-corrected chi connectivity index (χ2v) is 4.91. The number of nitrogens with zero attached hydrogens (tertiary/aromatic N) is 2. The van der Waals surface area contributed by atoms with E-state index in [2.05, 4.69) is 26.3 Å². The first-order valence-electron chi connectivity index (χ1n) is 5.94. The molecule has 1 heterocycles. The summed E-state index contributed by atoms with van der Waals surface area (Å²) in [4.78, 5) is 0. The van der Waals surface area contributed by atoms with Crippen LogP contribution in [-0.4, -0.2) is 9.78 Å². The molecule has 0 unspecified atom stereocenters. The molecule has 0 bridgehead atoms. The fourth-order valence-corrected chi connectivity index (χ4v) is 2.30. The van der Waals surface area contributed by atoms with Gasteiger partial charge in [-0.3, -0.25) is 4.68 Å².